The van der Waals surface area contributed by atoms with Crippen molar-refractivity contribution in [2.45, 2.75) is 44.7 Å². The highest BCUT2D eigenvalue weighted by Crippen LogP contribution is 2.40. The monoisotopic (exact) mass is 214 g/mol. The fourth-order valence-corrected chi connectivity index (χ4v) is 1.92. The van der Waals surface area contributed by atoms with E-state index in [1.165, 1.54) is 18.4 Å². The predicted octanol–water partition coefficient (Wildman–Crippen LogP) is 3.13. The summed E-state index contributed by atoms with van der Waals surface area (Å²) in [5.41, 5.74) is 2.49. The molecule has 1 aliphatic rings. The molecule has 1 atom stereocenters. The highest BCUT2D eigenvalue weighted by molar-refractivity contribution is 5.31. The van der Waals surface area contributed by atoms with Crippen LogP contribution in [-0.4, -0.2) is 6.04 Å². The average Bonchev–Trinajstić information content (AvgIpc) is 3.10. The zero-order valence-corrected chi connectivity index (χ0v) is 9.90. The molecule has 0 amide bonds. The van der Waals surface area contributed by atoms with Gasteiger partial charge in [0.25, 0.3) is 0 Å². The SMILES string of the molecule is CC(C)NC(C#N)c1ccc(C2CC2)cc1. The molecule has 1 fully saturated rings. The Hall–Kier alpha value is -1.33. The Balaban J connectivity index is 2.09. The van der Waals surface area contributed by atoms with Gasteiger partial charge in [0.1, 0.15) is 6.04 Å². The Labute approximate surface area is 97.3 Å². The van der Waals surface area contributed by atoms with Gasteiger partial charge in [0, 0.05) is 6.04 Å². The molecular weight excluding hydrogens is 196 g/mol. The molecule has 1 unspecified atom stereocenters. The molecule has 0 spiro atoms. The van der Waals surface area contributed by atoms with Gasteiger partial charge in [-0.25, -0.2) is 0 Å². The fourth-order valence-electron chi connectivity index (χ4n) is 1.92. The number of nitrogens with one attached hydrogen (secondary N) is 1. The van der Waals surface area contributed by atoms with Crippen LogP contribution in [-0.2, 0) is 0 Å². The third-order valence-corrected chi connectivity index (χ3v) is 2.95. The van der Waals surface area contributed by atoms with Crippen molar-refractivity contribution >= 4 is 0 Å². The number of rotatable bonds is 4. The smallest absolute Gasteiger partial charge is 0.121 e. The number of benzene rings is 1. The molecule has 0 saturated heterocycles. The minimum absolute atomic E-state index is 0.187. The summed E-state index contributed by atoms with van der Waals surface area (Å²) in [6.07, 6.45) is 2.65. The van der Waals surface area contributed by atoms with Crippen LogP contribution >= 0.6 is 0 Å². The summed E-state index contributed by atoms with van der Waals surface area (Å²) in [6, 6.07) is 10.9. The van der Waals surface area contributed by atoms with Crippen LogP contribution in [0.2, 0.25) is 0 Å². The van der Waals surface area contributed by atoms with Crippen molar-refractivity contribution in [2.24, 2.45) is 0 Å². The number of nitrogens with zero attached hydrogens (tertiary/aromatic N) is 1. The Kier molecular flexibility index (Phi) is 3.26. The van der Waals surface area contributed by atoms with Crippen LogP contribution in [0.1, 0.15) is 49.8 Å². The molecule has 1 aromatic rings. The number of hydrogen-bond acceptors (Lipinski definition) is 2. The molecule has 2 heteroatoms. The molecule has 1 N–H and O–H groups in total. The minimum Gasteiger partial charge on any atom is -0.296 e. The van der Waals surface area contributed by atoms with E-state index in [0.717, 1.165) is 11.5 Å². The summed E-state index contributed by atoms with van der Waals surface area (Å²) < 4.78 is 0. The molecule has 0 aromatic heterocycles. The minimum atomic E-state index is -0.187. The first-order valence-corrected chi connectivity index (χ1v) is 5.96. The molecule has 0 radical (unpaired) electrons. The van der Waals surface area contributed by atoms with E-state index in [-0.39, 0.29) is 6.04 Å². The van der Waals surface area contributed by atoms with Crippen molar-refractivity contribution in [3.05, 3.63) is 35.4 Å². The maximum absolute atomic E-state index is 9.11. The van der Waals surface area contributed by atoms with E-state index in [2.05, 4.69) is 49.5 Å². The largest absolute Gasteiger partial charge is 0.296 e. The fraction of sp³-hybridized carbons (Fsp3) is 0.500. The van der Waals surface area contributed by atoms with Crippen LogP contribution in [0.5, 0.6) is 0 Å². The van der Waals surface area contributed by atoms with Gasteiger partial charge in [0.15, 0.2) is 0 Å². The van der Waals surface area contributed by atoms with Gasteiger partial charge in [-0.15, -0.1) is 0 Å². The second-order valence-corrected chi connectivity index (χ2v) is 4.82. The summed E-state index contributed by atoms with van der Waals surface area (Å²) >= 11 is 0. The van der Waals surface area contributed by atoms with Gasteiger partial charge in [-0.05, 0) is 43.7 Å². The summed E-state index contributed by atoms with van der Waals surface area (Å²) in [7, 11) is 0. The standard InChI is InChI=1S/C14H18N2/c1-10(2)16-14(9-15)13-7-5-12(6-8-13)11-3-4-11/h5-8,10-11,14,16H,3-4H2,1-2H3. The lowest BCUT2D eigenvalue weighted by molar-refractivity contribution is 0.546. The van der Waals surface area contributed by atoms with Crippen LogP contribution in [0.3, 0.4) is 0 Å². The van der Waals surface area contributed by atoms with Crippen molar-refractivity contribution in [3.8, 4) is 6.07 Å². The highest BCUT2D eigenvalue weighted by Gasteiger charge is 2.23. The van der Waals surface area contributed by atoms with E-state index in [1.807, 2.05) is 0 Å². The maximum atomic E-state index is 9.11. The zero-order valence-electron chi connectivity index (χ0n) is 9.90. The van der Waals surface area contributed by atoms with Gasteiger partial charge < -0.3 is 0 Å². The second kappa shape index (κ2) is 4.67. The Morgan fingerprint density at radius 3 is 2.31 bits per heavy atom. The molecule has 1 saturated carbocycles. The van der Waals surface area contributed by atoms with Crippen molar-refractivity contribution < 1.29 is 0 Å². The summed E-state index contributed by atoms with van der Waals surface area (Å²) in [5, 5.41) is 12.4. The lowest BCUT2D eigenvalue weighted by atomic mass is 10.0. The van der Waals surface area contributed by atoms with E-state index in [0.29, 0.717) is 6.04 Å². The van der Waals surface area contributed by atoms with Crippen molar-refractivity contribution in [2.75, 3.05) is 0 Å². The predicted molar refractivity (Wildman–Crippen MR) is 65.0 cm³/mol. The molecule has 0 bridgehead atoms. The number of hydrogen-bond donors (Lipinski definition) is 1. The van der Waals surface area contributed by atoms with Crippen LogP contribution in [0.4, 0.5) is 0 Å². The van der Waals surface area contributed by atoms with E-state index in [1.54, 1.807) is 0 Å². The molecule has 16 heavy (non-hydrogen) atoms. The quantitative estimate of drug-likeness (QED) is 0.835. The van der Waals surface area contributed by atoms with E-state index in [4.69, 9.17) is 5.26 Å². The first kappa shape index (κ1) is 11.2. The van der Waals surface area contributed by atoms with Gasteiger partial charge >= 0.3 is 0 Å². The van der Waals surface area contributed by atoms with Crippen LogP contribution in [0.15, 0.2) is 24.3 Å². The third kappa shape index (κ3) is 2.62. The summed E-state index contributed by atoms with van der Waals surface area (Å²) in [6.45, 7) is 4.12. The molecular formula is C14H18N2. The van der Waals surface area contributed by atoms with Gasteiger partial charge in [-0.2, -0.15) is 5.26 Å². The Bertz CT molecular complexity index is 382. The van der Waals surface area contributed by atoms with Gasteiger partial charge in [0.2, 0.25) is 0 Å². The first-order chi connectivity index (χ1) is 7.70. The van der Waals surface area contributed by atoms with Crippen LogP contribution < -0.4 is 5.32 Å². The highest BCUT2D eigenvalue weighted by atomic mass is 14.9. The molecule has 1 aromatic carbocycles. The van der Waals surface area contributed by atoms with E-state index < -0.39 is 0 Å². The van der Waals surface area contributed by atoms with Gasteiger partial charge in [-0.1, -0.05) is 24.3 Å². The zero-order chi connectivity index (χ0) is 11.5. The van der Waals surface area contributed by atoms with Crippen molar-refractivity contribution in [1.29, 1.82) is 5.26 Å². The second-order valence-electron chi connectivity index (χ2n) is 4.82. The molecule has 84 valence electrons. The molecule has 0 heterocycles. The van der Waals surface area contributed by atoms with Crippen molar-refractivity contribution in [1.82, 2.24) is 5.32 Å². The normalized spacial score (nSPS) is 17.1. The maximum Gasteiger partial charge on any atom is 0.121 e. The number of nitriles is 1. The molecule has 2 rings (SSSR count). The van der Waals surface area contributed by atoms with Gasteiger partial charge in [-0.3, -0.25) is 5.32 Å². The third-order valence-electron chi connectivity index (χ3n) is 2.95. The Morgan fingerprint density at radius 2 is 1.88 bits per heavy atom. The first-order valence-electron chi connectivity index (χ1n) is 5.96. The molecule has 1 aliphatic carbocycles. The van der Waals surface area contributed by atoms with E-state index in [9.17, 15) is 0 Å². The topological polar surface area (TPSA) is 35.8 Å². The lowest BCUT2D eigenvalue weighted by Crippen LogP contribution is -2.27. The summed E-state index contributed by atoms with van der Waals surface area (Å²) in [4.78, 5) is 0. The molecule has 2 nitrogen and oxygen atoms in total. The van der Waals surface area contributed by atoms with Crippen LogP contribution in [0, 0.1) is 11.3 Å². The average molecular weight is 214 g/mol. The molecule has 0 aliphatic heterocycles. The van der Waals surface area contributed by atoms with Gasteiger partial charge in [0.05, 0.1) is 6.07 Å². The van der Waals surface area contributed by atoms with E-state index >= 15 is 0 Å². The van der Waals surface area contributed by atoms with Crippen molar-refractivity contribution in [3.63, 3.8) is 0 Å². The Morgan fingerprint density at radius 1 is 1.25 bits per heavy atom. The lowest BCUT2D eigenvalue weighted by Gasteiger charge is -2.15. The summed E-state index contributed by atoms with van der Waals surface area (Å²) in [5.74, 6) is 0.785. The van der Waals surface area contributed by atoms with Crippen LogP contribution in [0.25, 0.3) is 0 Å².